The maximum atomic E-state index is 5.42. The minimum Gasteiger partial charge on any atom is -0.297 e. The van der Waals surface area contributed by atoms with Crippen molar-refractivity contribution in [3.63, 3.8) is 0 Å². The van der Waals surface area contributed by atoms with Gasteiger partial charge in [-0.2, -0.15) is 5.10 Å². The molecule has 1 N–H and O–H groups in total. The summed E-state index contributed by atoms with van der Waals surface area (Å²) in [6.07, 6.45) is 6.37. The van der Waals surface area contributed by atoms with Gasteiger partial charge in [0.1, 0.15) is 0 Å². The number of hydrogen-bond donors (Lipinski definition) is 1. The number of nitrogens with zero attached hydrogens (tertiary/aromatic N) is 2. The lowest BCUT2D eigenvalue weighted by atomic mass is 9.95. The molecule has 0 amide bonds. The molecule has 1 aromatic carbocycles. The summed E-state index contributed by atoms with van der Waals surface area (Å²) in [5, 5.41) is 7.40. The summed E-state index contributed by atoms with van der Waals surface area (Å²) < 4.78 is 2.97. The summed E-state index contributed by atoms with van der Waals surface area (Å²) in [5.74, 6) is 0.983. The first-order valence-corrected chi connectivity index (χ1v) is 7.40. The van der Waals surface area contributed by atoms with Gasteiger partial charge in [0, 0.05) is 11.6 Å². The van der Waals surface area contributed by atoms with Crippen LogP contribution >= 0.6 is 12.2 Å². The zero-order valence-corrected chi connectivity index (χ0v) is 12.0. The van der Waals surface area contributed by atoms with Crippen molar-refractivity contribution in [2.75, 3.05) is 0 Å². The number of aryl methyl sites for hydroxylation is 1. The summed E-state index contributed by atoms with van der Waals surface area (Å²) in [6.45, 7) is 2.10. The Morgan fingerprint density at radius 1 is 1.16 bits per heavy atom. The molecular weight excluding hydrogens is 254 g/mol. The highest BCUT2D eigenvalue weighted by Crippen LogP contribution is 2.31. The second kappa shape index (κ2) is 5.29. The van der Waals surface area contributed by atoms with Gasteiger partial charge in [-0.3, -0.25) is 9.67 Å². The molecule has 1 saturated carbocycles. The van der Waals surface area contributed by atoms with Crippen LogP contribution in [0.15, 0.2) is 24.3 Å². The molecule has 1 aliphatic carbocycles. The normalized spacial score (nSPS) is 16.7. The average Bonchev–Trinajstić information content (AvgIpc) is 2.82. The average molecular weight is 273 g/mol. The Hall–Kier alpha value is -1.42. The highest BCUT2D eigenvalue weighted by atomic mass is 32.1. The van der Waals surface area contributed by atoms with E-state index in [-0.39, 0.29) is 0 Å². The van der Waals surface area contributed by atoms with Gasteiger partial charge >= 0.3 is 0 Å². The molecule has 0 atom stereocenters. The molecule has 0 aliphatic heterocycles. The van der Waals surface area contributed by atoms with Crippen LogP contribution in [0.2, 0.25) is 0 Å². The molecule has 1 fully saturated rings. The molecule has 2 aromatic rings. The summed E-state index contributed by atoms with van der Waals surface area (Å²) >= 11 is 5.42. The molecule has 0 saturated heterocycles. The van der Waals surface area contributed by atoms with Gasteiger partial charge in [0.15, 0.2) is 10.6 Å². The molecule has 19 heavy (non-hydrogen) atoms. The monoisotopic (exact) mass is 273 g/mol. The first kappa shape index (κ1) is 12.6. The summed E-state index contributed by atoms with van der Waals surface area (Å²) in [5.41, 5.74) is 2.41. The Bertz CT molecular complexity index is 603. The Morgan fingerprint density at radius 3 is 2.53 bits per heavy atom. The van der Waals surface area contributed by atoms with Crippen LogP contribution in [-0.4, -0.2) is 14.8 Å². The van der Waals surface area contributed by atoms with E-state index in [9.17, 15) is 0 Å². The van der Waals surface area contributed by atoms with Gasteiger partial charge in [-0.25, -0.2) is 0 Å². The Morgan fingerprint density at radius 2 is 1.84 bits per heavy atom. The number of rotatable bonds is 2. The van der Waals surface area contributed by atoms with Crippen molar-refractivity contribution in [1.29, 1.82) is 0 Å². The van der Waals surface area contributed by atoms with Crippen LogP contribution in [0.5, 0.6) is 0 Å². The predicted octanol–water partition coefficient (Wildman–Crippen LogP) is 4.42. The highest BCUT2D eigenvalue weighted by Gasteiger charge is 2.20. The molecule has 100 valence electrons. The van der Waals surface area contributed by atoms with E-state index >= 15 is 0 Å². The summed E-state index contributed by atoms with van der Waals surface area (Å²) in [6, 6.07) is 9.01. The SMILES string of the molecule is Cc1ccc(-c2n[nH]c(=S)n2C2CCCCC2)cc1. The number of benzene rings is 1. The molecule has 0 radical (unpaired) electrons. The van der Waals surface area contributed by atoms with Crippen molar-refractivity contribution in [2.45, 2.75) is 45.1 Å². The van der Waals surface area contributed by atoms with Crippen LogP contribution < -0.4 is 0 Å². The standard InChI is InChI=1S/C15H19N3S/c1-11-7-9-12(10-8-11)14-16-17-15(19)18(14)13-5-3-2-4-6-13/h7-10,13H,2-6H2,1H3,(H,17,19). The van der Waals surface area contributed by atoms with Gasteiger partial charge in [-0.15, -0.1) is 0 Å². The zero-order chi connectivity index (χ0) is 13.2. The van der Waals surface area contributed by atoms with Gasteiger partial charge in [0.25, 0.3) is 0 Å². The molecular formula is C15H19N3S. The fourth-order valence-electron chi connectivity index (χ4n) is 2.89. The van der Waals surface area contributed by atoms with E-state index in [2.05, 4.69) is 46.0 Å². The Kier molecular flexibility index (Phi) is 3.51. The van der Waals surface area contributed by atoms with Crippen molar-refractivity contribution in [1.82, 2.24) is 14.8 Å². The van der Waals surface area contributed by atoms with Crippen molar-refractivity contribution in [3.8, 4) is 11.4 Å². The van der Waals surface area contributed by atoms with Crippen LogP contribution in [0.25, 0.3) is 11.4 Å². The highest BCUT2D eigenvalue weighted by molar-refractivity contribution is 7.71. The van der Waals surface area contributed by atoms with Crippen molar-refractivity contribution in [2.24, 2.45) is 0 Å². The minimum absolute atomic E-state index is 0.510. The molecule has 4 heteroatoms. The third kappa shape index (κ3) is 2.50. The number of aromatic amines is 1. The second-order valence-electron chi connectivity index (χ2n) is 5.38. The lowest BCUT2D eigenvalue weighted by molar-refractivity contribution is 0.352. The van der Waals surface area contributed by atoms with Crippen LogP contribution in [0.4, 0.5) is 0 Å². The van der Waals surface area contributed by atoms with Gasteiger partial charge in [-0.05, 0) is 32.0 Å². The van der Waals surface area contributed by atoms with E-state index in [1.54, 1.807) is 0 Å². The topological polar surface area (TPSA) is 33.6 Å². The summed E-state index contributed by atoms with van der Waals surface area (Å²) in [4.78, 5) is 0. The molecule has 3 nitrogen and oxygen atoms in total. The Balaban J connectivity index is 2.02. The van der Waals surface area contributed by atoms with Crippen molar-refractivity contribution >= 4 is 12.2 Å². The van der Waals surface area contributed by atoms with Crippen LogP contribution in [0, 0.1) is 11.7 Å². The van der Waals surface area contributed by atoms with E-state index in [1.165, 1.54) is 37.7 Å². The molecule has 3 rings (SSSR count). The first-order chi connectivity index (χ1) is 9.25. The van der Waals surface area contributed by atoms with Gasteiger partial charge < -0.3 is 0 Å². The molecule has 0 unspecified atom stereocenters. The van der Waals surface area contributed by atoms with Crippen LogP contribution in [-0.2, 0) is 0 Å². The fourth-order valence-corrected chi connectivity index (χ4v) is 3.17. The van der Waals surface area contributed by atoms with Gasteiger partial charge in [-0.1, -0.05) is 49.1 Å². The zero-order valence-electron chi connectivity index (χ0n) is 11.2. The number of H-pyrrole nitrogens is 1. The van der Waals surface area contributed by atoms with E-state index in [0.29, 0.717) is 6.04 Å². The first-order valence-electron chi connectivity index (χ1n) is 6.99. The molecule has 1 heterocycles. The Labute approximate surface area is 118 Å². The lowest BCUT2D eigenvalue weighted by Gasteiger charge is -2.24. The van der Waals surface area contributed by atoms with E-state index < -0.39 is 0 Å². The summed E-state index contributed by atoms with van der Waals surface area (Å²) in [7, 11) is 0. The van der Waals surface area contributed by atoms with Crippen LogP contribution in [0.1, 0.15) is 43.7 Å². The third-order valence-corrected chi connectivity index (χ3v) is 4.24. The molecule has 1 aromatic heterocycles. The maximum absolute atomic E-state index is 5.42. The number of aromatic nitrogens is 3. The second-order valence-corrected chi connectivity index (χ2v) is 5.77. The van der Waals surface area contributed by atoms with E-state index in [0.717, 1.165) is 16.2 Å². The largest absolute Gasteiger partial charge is 0.297 e. The minimum atomic E-state index is 0.510. The number of hydrogen-bond acceptors (Lipinski definition) is 2. The number of nitrogens with one attached hydrogen (secondary N) is 1. The van der Waals surface area contributed by atoms with E-state index in [4.69, 9.17) is 12.2 Å². The smallest absolute Gasteiger partial charge is 0.195 e. The third-order valence-electron chi connectivity index (χ3n) is 3.95. The van der Waals surface area contributed by atoms with Crippen molar-refractivity contribution < 1.29 is 0 Å². The molecule has 1 aliphatic rings. The van der Waals surface area contributed by atoms with Crippen LogP contribution in [0.3, 0.4) is 0 Å². The van der Waals surface area contributed by atoms with E-state index in [1.807, 2.05) is 0 Å². The quantitative estimate of drug-likeness (QED) is 0.822. The maximum Gasteiger partial charge on any atom is 0.195 e. The van der Waals surface area contributed by atoms with Gasteiger partial charge in [0.2, 0.25) is 0 Å². The van der Waals surface area contributed by atoms with Crippen molar-refractivity contribution in [3.05, 3.63) is 34.6 Å². The lowest BCUT2D eigenvalue weighted by Crippen LogP contribution is -2.14. The molecule has 0 spiro atoms. The predicted molar refractivity (Wildman–Crippen MR) is 79.7 cm³/mol. The van der Waals surface area contributed by atoms with Gasteiger partial charge in [0.05, 0.1) is 0 Å². The fraction of sp³-hybridized carbons (Fsp3) is 0.467. The molecule has 0 bridgehead atoms.